The zero-order valence-corrected chi connectivity index (χ0v) is 9.33. The van der Waals surface area contributed by atoms with E-state index in [-0.39, 0.29) is 0 Å². The Morgan fingerprint density at radius 1 is 1.41 bits per heavy atom. The molecule has 2 rings (SSSR count). The molecule has 0 radical (unpaired) electrons. The molecule has 1 aliphatic heterocycles. The van der Waals surface area contributed by atoms with Gasteiger partial charge >= 0.3 is 6.09 Å². The van der Waals surface area contributed by atoms with Crippen molar-refractivity contribution in [1.29, 1.82) is 0 Å². The number of hydrogen-bond acceptors (Lipinski definition) is 5. The van der Waals surface area contributed by atoms with E-state index in [1.807, 2.05) is 30.3 Å². The Morgan fingerprint density at radius 3 is 2.88 bits per heavy atom. The van der Waals surface area contributed by atoms with Crippen molar-refractivity contribution >= 4 is 18.3 Å². The summed E-state index contributed by atoms with van der Waals surface area (Å²) in [5.41, 5.74) is 3.44. The number of carbonyl (C=O) groups excluding carboxylic acids is 1. The molecule has 1 heterocycles. The second-order valence-corrected chi connectivity index (χ2v) is 3.29. The highest BCUT2D eigenvalue weighted by Crippen LogP contribution is 2.06. The molecule has 1 aromatic rings. The van der Waals surface area contributed by atoms with Crippen LogP contribution in [0.15, 0.2) is 40.3 Å². The minimum absolute atomic E-state index is 0.308. The first-order valence-corrected chi connectivity index (χ1v) is 5.05. The van der Waals surface area contributed by atoms with Crippen LogP contribution < -0.4 is 5.43 Å². The van der Waals surface area contributed by atoms with E-state index in [0.717, 1.165) is 5.56 Å². The standard InChI is InChI=1S/C11H12N4O2/c1-17-11(16)14-15-8-12-7-13-10(15)9-5-3-2-4-6-9/h2-7H,8H2,1H3,(H,14,16). The van der Waals surface area contributed by atoms with Gasteiger partial charge in [0.25, 0.3) is 0 Å². The molecule has 0 saturated heterocycles. The summed E-state index contributed by atoms with van der Waals surface area (Å²) in [6.45, 7) is 0.308. The minimum Gasteiger partial charge on any atom is -0.452 e. The van der Waals surface area contributed by atoms with E-state index in [9.17, 15) is 4.79 Å². The largest absolute Gasteiger partial charge is 0.452 e. The Balaban J connectivity index is 2.20. The molecule has 6 heteroatoms. The third-order valence-electron chi connectivity index (χ3n) is 2.18. The number of nitrogens with zero attached hydrogens (tertiary/aromatic N) is 3. The number of aliphatic imine (C=N–C) groups is 2. The Hall–Kier alpha value is -2.37. The molecular formula is C11H12N4O2. The molecule has 0 fully saturated rings. The van der Waals surface area contributed by atoms with Gasteiger partial charge in [0, 0.05) is 5.56 Å². The summed E-state index contributed by atoms with van der Waals surface area (Å²) in [7, 11) is 1.31. The van der Waals surface area contributed by atoms with Crippen molar-refractivity contribution in [3.05, 3.63) is 35.9 Å². The van der Waals surface area contributed by atoms with Crippen molar-refractivity contribution in [1.82, 2.24) is 10.4 Å². The smallest absolute Gasteiger partial charge is 0.425 e. The molecule has 0 aliphatic carbocycles. The SMILES string of the molecule is COC(=O)NN1CN=CN=C1c1ccccc1. The maximum Gasteiger partial charge on any atom is 0.425 e. The van der Waals surface area contributed by atoms with Gasteiger partial charge in [-0.2, -0.15) is 0 Å². The predicted molar refractivity (Wildman–Crippen MR) is 63.7 cm³/mol. The van der Waals surface area contributed by atoms with Crippen LogP contribution in [0.1, 0.15) is 5.56 Å². The topological polar surface area (TPSA) is 66.3 Å². The van der Waals surface area contributed by atoms with Crippen molar-refractivity contribution in [2.75, 3.05) is 13.8 Å². The molecule has 0 saturated carbocycles. The molecule has 1 amide bonds. The third-order valence-corrected chi connectivity index (χ3v) is 2.18. The molecule has 88 valence electrons. The fourth-order valence-corrected chi connectivity index (χ4v) is 1.41. The van der Waals surface area contributed by atoms with Gasteiger partial charge in [0.1, 0.15) is 13.0 Å². The zero-order valence-electron chi connectivity index (χ0n) is 9.33. The van der Waals surface area contributed by atoms with Gasteiger partial charge in [0.05, 0.1) is 7.11 Å². The lowest BCUT2D eigenvalue weighted by molar-refractivity contribution is 0.148. The molecular weight excluding hydrogens is 220 g/mol. The number of rotatable bonds is 2. The maximum absolute atomic E-state index is 11.2. The van der Waals surface area contributed by atoms with Gasteiger partial charge in [0.15, 0.2) is 5.84 Å². The van der Waals surface area contributed by atoms with E-state index in [2.05, 4.69) is 20.1 Å². The Morgan fingerprint density at radius 2 is 2.18 bits per heavy atom. The van der Waals surface area contributed by atoms with Gasteiger partial charge in [-0.05, 0) is 0 Å². The van der Waals surface area contributed by atoms with Crippen LogP contribution in [-0.2, 0) is 4.74 Å². The fraction of sp³-hybridized carbons (Fsp3) is 0.182. The van der Waals surface area contributed by atoms with Crippen LogP contribution in [0, 0.1) is 0 Å². The van der Waals surface area contributed by atoms with E-state index in [0.29, 0.717) is 12.5 Å². The summed E-state index contributed by atoms with van der Waals surface area (Å²) in [5.74, 6) is 0.631. The Kier molecular flexibility index (Phi) is 3.34. The summed E-state index contributed by atoms with van der Waals surface area (Å²) in [6, 6.07) is 9.53. The lowest BCUT2D eigenvalue weighted by atomic mass is 10.2. The third kappa shape index (κ3) is 2.60. The van der Waals surface area contributed by atoms with Gasteiger partial charge in [-0.25, -0.2) is 25.2 Å². The van der Waals surface area contributed by atoms with Crippen molar-refractivity contribution in [3.63, 3.8) is 0 Å². The molecule has 0 unspecified atom stereocenters. The highest BCUT2D eigenvalue weighted by molar-refractivity contribution is 6.03. The first-order chi connectivity index (χ1) is 8.31. The molecule has 0 atom stereocenters. The number of hydrogen-bond donors (Lipinski definition) is 1. The summed E-state index contributed by atoms with van der Waals surface area (Å²) in [4.78, 5) is 19.3. The number of methoxy groups -OCH3 is 1. The maximum atomic E-state index is 11.2. The van der Waals surface area contributed by atoms with Gasteiger partial charge in [-0.1, -0.05) is 30.3 Å². The minimum atomic E-state index is -0.550. The highest BCUT2D eigenvalue weighted by atomic mass is 16.5. The van der Waals surface area contributed by atoms with Crippen LogP contribution >= 0.6 is 0 Å². The molecule has 1 N–H and O–H groups in total. The summed E-state index contributed by atoms with van der Waals surface area (Å²) in [5, 5.41) is 1.53. The van der Waals surface area contributed by atoms with Crippen LogP contribution in [0.2, 0.25) is 0 Å². The molecule has 0 spiro atoms. The van der Waals surface area contributed by atoms with Crippen LogP contribution in [-0.4, -0.2) is 37.1 Å². The molecule has 0 aromatic heterocycles. The number of amides is 1. The highest BCUT2D eigenvalue weighted by Gasteiger charge is 2.17. The quantitative estimate of drug-likeness (QED) is 0.827. The van der Waals surface area contributed by atoms with Gasteiger partial charge in [0.2, 0.25) is 0 Å². The number of nitrogens with one attached hydrogen (secondary N) is 1. The van der Waals surface area contributed by atoms with Crippen molar-refractivity contribution in [2.45, 2.75) is 0 Å². The van der Waals surface area contributed by atoms with E-state index >= 15 is 0 Å². The Bertz CT molecular complexity index is 456. The fourth-order valence-electron chi connectivity index (χ4n) is 1.41. The number of ether oxygens (including phenoxy) is 1. The summed E-state index contributed by atoms with van der Waals surface area (Å²) >= 11 is 0. The first-order valence-electron chi connectivity index (χ1n) is 5.05. The lowest BCUT2D eigenvalue weighted by Crippen LogP contribution is -2.47. The average Bonchev–Trinajstić information content (AvgIpc) is 2.40. The van der Waals surface area contributed by atoms with Crippen molar-refractivity contribution in [3.8, 4) is 0 Å². The zero-order chi connectivity index (χ0) is 12.1. The van der Waals surface area contributed by atoms with Crippen molar-refractivity contribution < 1.29 is 9.53 Å². The molecule has 17 heavy (non-hydrogen) atoms. The summed E-state index contributed by atoms with van der Waals surface area (Å²) in [6.07, 6.45) is 0.920. The second kappa shape index (κ2) is 5.11. The first kappa shape index (κ1) is 11.1. The van der Waals surface area contributed by atoms with Crippen molar-refractivity contribution in [2.24, 2.45) is 9.98 Å². The van der Waals surface area contributed by atoms with Gasteiger partial charge in [-0.3, -0.25) is 0 Å². The summed E-state index contributed by atoms with van der Waals surface area (Å²) < 4.78 is 4.54. The normalized spacial score (nSPS) is 14.2. The van der Waals surface area contributed by atoms with E-state index in [1.54, 1.807) is 0 Å². The van der Waals surface area contributed by atoms with Gasteiger partial charge < -0.3 is 4.74 Å². The molecule has 6 nitrogen and oxygen atoms in total. The molecule has 1 aromatic carbocycles. The monoisotopic (exact) mass is 232 g/mol. The van der Waals surface area contributed by atoms with E-state index in [4.69, 9.17) is 0 Å². The predicted octanol–water partition coefficient (Wildman–Crippen LogP) is 1.01. The molecule has 1 aliphatic rings. The number of hydrazine groups is 1. The second-order valence-electron chi connectivity index (χ2n) is 3.29. The van der Waals surface area contributed by atoms with E-state index in [1.165, 1.54) is 18.5 Å². The number of carbonyl (C=O) groups is 1. The number of benzene rings is 1. The van der Waals surface area contributed by atoms with Crippen LogP contribution in [0.3, 0.4) is 0 Å². The van der Waals surface area contributed by atoms with E-state index < -0.39 is 6.09 Å². The van der Waals surface area contributed by atoms with Crippen LogP contribution in [0.25, 0.3) is 0 Å². The van der Waals surface area contributed by atoms with Crippen LogP contribution in [0.5, 0.6) is 0 Å². The average molecular weight is 232 g/mol. The lowest BCUT2D eigenvalue weighted by Gasteiger charge is -2.25. The Labute approximate surface area is 98.6 Å². The van der Waals surface area contributed by atoms with Crippen LogP contribution in [0.4, 0.5) is 4.79 Å². The van der Waals surface area contributed by atoms with Gasteiger partial charge in [-0.15, -0.1) is 0 Å². The molecule has 0 bridgehead atoms. The number of amidine groups is 1.